The Morgan fingerprint density at radius 3 is 2.80 bits per heavy atom. The zero-order valence-corrected chi connectivity index (χ0v) is 21.6. The van der Waals surface area contributed by atoms with Crippen molar-refractivity contribution in [2.75, 3.05) is 25.5 Å². The number of alkyl halides is 2. The maximum absolute atomic E-state index is 13.3. The van der Waals surface area contributed by atoms with E-state index >= 15 is 0 Å². The Hall–Kier alpha value is -4.85. The van der Waals surface area contributed by atoms with Gasteiger partial charge in [0, 0.05) is 51.2 Å². The molecule has 1 aromatic carbocycles. The number of carbonyl (C=O) groups excluding carboxylic acids is 1. The predicted molar refractivity (Wildman–Crippen MR) is 140 cm³/mol. The van der Waals surface area contributed by atoms with Crippen molar-refractivity contribution >= 4 is 17.2 Å². The second kappa shape index (κ2) is 10.4. The first-order valence-electron chi connectivity index (χ1n) is 12.4. The summed E-state index contributed by atoms with van der Waals surface area (Å²) in [6.45, 7) is -0.260. The summed E-state index contributed by atoms with van der Waals surface area (Å²) in [5, 5.41) is 15.7. The fourth-order valence-electron chi connectivity index (χ4n) is 4.75. The number of ether oxygens (including phenoxy) is 2. The van der Waals surface area contributed by atoms with Gasteiger partial charge in [-0.2, -0.15) is 24.1 Å². The summed E-state index contributed by atoms with van der Waals surface area (Å²) in [5.41, 5.74) is 1.30. The van der Waals surface area contributed by atoms with Gasteiger partial charge in [-0.1, -0.05) is 0 Å². The monoisotopic (exact) mass is 549 g/mol. The summed E-state index contributed by atoms with van der Waals surface area (Å²) in [4.78, 5) is 19.6. The molecule has 0 radical (unpaired) electrons. The van der Waals surface area contributed by atoms with Gasteiger partial charge in [-0.05, 0) is 31.3 Å². The summed E-state index contributed by atoms with van der Waals surface area (Å²) in [7, 11) is 3.72. The number of rotatable bonds is 9. The third kappa shape index (κ3) is 5.20. The average Bonchev–Trinajstić information content (AvgIpc) is 3.62. The van der Waals surface area contributed by atoms with Crippen LogP contribution in [0.25, 0.3) is 16.9 Å². The van der Waals surface area contributed by atoms with E-state index in [1.807, 2.05) is 4.68 Å². The van der Waals surface area contributed by atoms with Crippen LogP contribution in [0, 0.1) is 5.92 Å². The molecule has 0 saturated carbocycles. The largest absolute Gasteiger partial charge is 0.454 e. The number of halogens is 2. The minimum atomic E-state index is -3.07. The number of aromatic nitrogens is 7. The zero-order chi connectivity index (χ0) is 27.8. The average molecular weight is 550 g/mol. The number of anilines is 1. The molecule has 0 unspecified atom stereocenters. The summed E-state index contributed by atoms with van der Waals surface area (Å²) >= 11 is 0. The van der Waals surface area contributed by atoms with Crippen LogP contribution in [-0.2, 0) is 13.6 Å². The van der Waals surface area contributed by atoms with Crippen LogP contribution in [0.2, 0.25) is 0 Å². The number of likely N-dealkylation sites (tertiary alicyclic amines) is 1. The highest BCUT2D eigenvalue weighted by atomic mass is 19.3. The van der Waals surface area contributed by atoms with Gasteiger partial charge < -0.3 is 19.7 Å². The first-order valence-corrected chi connectivity index (χ1v) is 12.4. The smallest absolute Gasteiger partial charge is 0.387 e. The van der Waals surface area contributed by atoms with Crippen LogP contribution in [0.5, 0.6) is 17.2 Å². The second-order valence-corrected chi connectivity index (χ2v) is 9.59. The highest BCUT2D eigenvalue weighted by Gasteiger charge is 2.24. The fourth-order valence-corrected chi connectivity index (χ4v) is 4.75. The van der Waals surface area contributed by atoms with Crippen molar-refractivity contribution in [2.45, 2.75) is 13.2 Å². The Balaban J connectivity index is 1.28. The third-order valence-corrected chi connectivity index (χ3v) is 6.45. The number of carbonyl (C=O) groups is 1. The summed E-state index contributed by atoms with van der Waals surface area (Å²) in [6, 6.07) is 6.12. The number of benzene rings is 1. The van der Waals surface area contributed by atoms with Crippen LogP contribution < -0.4 is 14.8 Å². The maximum atomic E-state index is 13.3. The number of fused-ring (bicyclic) bond motifs is 1. The van der Waals surface area contributed by atoms with Crippen molar-refractivity contribution in [1.82, 2.24) is 39.1 Å². The van der Waals surface area contributed by atoms with E-state index in [2.05, 4.69) is 37.5 Å². The predicted octanol–water partition coefficient (Wildman–Crippen LogP) is 3.53. The molecule has 0 spiro atoms. The van der Waals surface area contributed by atoms with E-state index in [1.54, 1.807) is 44.1 Å². The molecule has 1 amide bonds. The molecule has 5 heterocycles. The topological polar surface area (TPSA) is 117 Å². The Kier molecular flexibility index (Phi) is 6.59. The Labute approximate surface area is 226 Å². The molecule has 12 nitrogen and oxygen atoms in total. The summed E-state index contributed by atoms with van der Waals surface area (Å²) in [6.07, 6.45) is 9.58. The van der Waals surface area contributed by atoms with Crippen LogP contribution in [0.1, 0.15) is 10.4 Å². The van der Waals surface area contributed by atoms with E-state index in [0.29, 0.717) is 23.1 Å². The molecule has 6 rings (SSSR count). The lowest BCUT2D eigenvalue weighted by atomic mass is 10.0. The molecule has 0 atom stereocenters. The highest BCUT2D eigenvalue weighted by Crippen LogP contribution is 2.38. The van der Waals surface area contributed by atoms with Gasteiger partial charge in [-0.25, -0.2) is 9.50 Å². The maximum Gasteiger partial charge on any atom is 0.387 e. The van der Waals surface area contributed by atoms with Crippen molar-refractivity contribution < 1.29 is 23.0 Å². The number of hydrogen-bond acceptors (Lipinski definition) is 8. The van der Waals surface area contributed by atoms with Gasteiger partial charge in [-0.3, -0.25) is 14.2 Å². The molecule has 1 saturated heterocycles. The summed E-state index contributed by atoms with van der Waals surface area (Å²) < 4.78 is 42.1. The van der Waals surface area contributed by atoms with Crippen molar-refractivity contribution in [1.29, 1.82) is 0 Å². The number of nitrogens with zero attached hydrogens (tertiary/aromatic N) is 8. The number of hydrogen-bond donors (Lipinski definition) is 1. The molecule has 14 heteroatoms. The Morgan fingerprint density at radius 1 is 1.15 bits per heavy atom. The zero-order valence-electron chi connectivity index (χ0n) is 21.6. The second-order valence-electron chi connectivity index (χ2n) is 9.59. The van der Waals surface area contributed by atoms with Gasteiger partial charge in [0.15, 0.2) is 11.4 Å². The molecule has 4 aromatic heterocycles. The van der Waals surface area contributed by atoms with E-state index < -0.39 is 12.5 Å². The summed E-state index contributed by atoms with van der Waals surface area (Å²) in [5.74, 6) is 0.769. The van der Waals surface area contributed by atoms with E-state index in [9.17, 15) is 13.6 Å². The number of nitrogens with one attached hydrogen (secondary N) is 1. The van der Waals surface area contributed by atoms with E-state index in [1.165, 1.54) is 33.6 Å². The minimum Gasteiger partial charge on any atom is -0.454 e. The van der Waals surface area contributed by atoms with Crippen molar-refractivity contribution in [3.63, 3.8) is 0 Å². The molecule has 40 heavy (non-hydrogen) atoms. The highest BCUT2D eigenvalue weighted by molar-refractivity contribution is 6.09. The standard InChI is InChI=1S/C26H25F2N9O3/c1-34-11-16(12-34)13-36-14-18(9-30-36)39-17-4-5-22(40-26(27)28)19(8-17)23-21(15-35(2)33-23)32-25(38)20-10-31-37-7-3-6-29-24(20)37/h3-10,14-16,26H,11-13H2,1-2H3,(H,32,38). The molecule has 0 aliphatic carbocycles. The van der Waals surface area contributed by atoms with Crippen LogP contribution in [0.4, 0.5) is 14.5 Å². The first-order chi connectivity index (χ1) is 19.3. The van der Waals surface area contributed by atoms with Crippen molar-refractivity contribution in [2.24, 2.45) is 13.0 Å². The molecule has 5 aromatic rings. The van der Waals surface area contributed by atoms with Gasteiger partial charge in [0.25, 0.3) is 5.91 Å². The van der Waals surface area contributed by atoms with Gasteiger partial charge in [0.2, 0.25) is 0 Å². The Bertz CT molecular complexity index is 1670. The lowest BCUT2D eigenvalue weighted by Crippen LogP contribution is -2.45. The fraction of sp³-hybridized carbons (Fsp3) is 0.269. The van der Waals surface area contributed by atoms with Gasteiger partial charge in [-0.15, -0.1) is 0 Å². The molecule has 1 N–H and O–H groups in total. The number of aryl methyl sites for hydroxylation is 1. The van der Waals surface area contributed by atoms with Crippen LogP contribution >= 0.6 is 0 Å². The molecule has 0 bridgehead atoms. The Morgan fingerprint density at radius 2 is 2.00 bits per heavy atom. The molecule has 1 aliphatic rings. The molecular formula is C26H25F2N9O3. The normalized spacial score (nSPS) is 14.0. The van der Waals surface area contributed by atoms with Gasteiger partial charge >= 0.3 is 6.61 Å². The van der Waals surface area contributed by atoms with Gasteiger partial charge in [0.1, 0.15) is 22.8 Å². The quantitative estimate of drug-likeness (QED) is 0.297. The van der Waals surface area contributed by atoms with E-state index in [-0.39, 0.29) is 28.3 Å². The first kappa shape index (κ1) is 25.4. The molecule has 1 fully saturated rings. The minimum absolute atomic E-state index is 0.126. The number of amides is 1. The van der Waals surface area contributed by atoms with E-state index in [0.717, 1.165) is 19.6 Å². The van der Waals surface area contributed by atoms with Crippen LogP contribution in [0.15, 0.2) is 61.4 Å². The van der Waals surface area contributed by atoms with Gasteiger partial charge in [0.05, 0.1) is 29.8 Å². The third-order valence-electron chi connectivity index (χ3n) is 6.45. The van der Waals surface area contributed by atoms with Crippen molar-refractivity contribution in [3.05, 3.63) is 67.0 Å². The molecule has 206 valence electrons. The van der Waals surface area contributed by atoms with Crippen molar-refractivity contribution in [3.8, 4) is 28.5 Å². The van der Waals surface area contributed by atoms with E-state index in [4.69, 9.17) is 9.47 Å². The lowest BCUT2D eigenvalue weighted by Gasteiger charge is -2.35. The molecular weight excluding hydrogens is 524 g/mol. The SMILES string of the molecule is CN1CC(Cn2cc(Oc3ccc(OC(F)F)c(-c4nn(C)cc4NC(=O)c4cnn5cccnc45)c3)cn2)C1. The van der Waals surface area contributed by atoms with Crippen LogP contribution in [-0.4, -0.2) is 71.7 Å². The van der Waals surface area contributed by atoms with Crippen LogP contribution in [0.3, 0.4) is 0 Å². The molecule has 1 aliphatic heterocycles. The lowest BCUT2D eigenvalue weighted by molar-refractivity contribution is -0.0494.